The lowest BCUT2D eigenvalue weighted by Crippen LogP contribution is -2.37. The van der Waals surface area contributed by atoms with Gasteiger partial charge in [-0.3, -0.25) is 9.59 Å². The summed E-state index contributed by atoms with van der Waals surface area (Å²) >= 11 is 0. The summed E-state index contributed by atoms with van der Waals surface area (Å²) in [4.78, 5) is 22.8. The Morgan fingerprint density at radius 2 is 1.88 bits per heavy atom. The highest BCUT2D eigenvalue weighted by molar-refractivity contribution is 5.81. The van der Waals surface area contributed by atoms with Gasteiger partial charge in [-0.25, -0.2) is 0 Å². The topological polar surface area (TPSA) is 58.2 Å². The molecule has 16 heavy (non-hydrogen) atoms. The van der Waals surface area contributed by atoms with Gasteiger partial charge in [0.15, 0.2) is 0 Å². The Kier molecular flexibility index (Phi) is 5.29. The zero-order valence-electron chi connectivity index (χ0n) is 10.2. The third-order valence-electron chi connectivity index (χ3n) is 2.84. The smallest absolute Gasteiger partial charge is 0.223 e. The maximum absolute atomic E-state index is 11.5. The van der Waals surface area contributed by atoms with Crippen LogP contribution in [0.25, 0.3) is 0 Å². The van der Waals surface area contributed by atoms with Crippen LogP contribution in [0.4, 0.5) is 0 Å². The van der Waals surface area contributed by atoms with Crippen molar-refractivity contribution in [3.63, 3.8) is 0 Å². The van der Waals surface area contributed by atoms with Crippen molar-refractivity contribution in [3.05, 3.63) is 0 Å². The molecule has 1 unspecified atom stereocenters. The minimum Gasteiger partial charge on any atom is -0.354 e. The lowest BCUT2D eigenvalue weighted by molar-refractivity contribution is -0.125. The van der Waals surface area contributed by atoms with Gasteiger partial charge in [-0.1, -0.05) is 20.3 Å². The van der Waals surface area contributed by atoms with Gasteiger partial charge in [0, 0.05) is 24.9 Å². The Morgan fingerprint density at radius 3 is 2.44 bits per heavy atom. The van der Waals surface area contributed by atoms with E-state index in [1.165, 1.54) is 0 Å². The van der Waals surface area contributed by atoms with Gasteiger partial charge in [0.1, 0.15) is 0 Å². The van der Waals surface area contributed by atoms with Gasteiger partial charge in [0.05, 0.1) is 0 Å². The minimum absolute atomic E-state index is 0.0733. The fourth-order valence-electron chi connectivity index (χ4n) is 1.60. The van der Waals surface area contributed by atoms with Crippen molar-refractivity contribution < 1.29 is 9.59 Å². The highest BCUT2D eigenvalue weighted by Crippen LogP contribution is 2.28. The molecular formula is C12H22N2O2. The summed E-state index contributed by atoms with van der Waals surface area (Å²) < 4.78 is 0. The highest BCUT2D eigenvalue weighted by atomic mass is 16.2. The van der Waals surface area contributed by atoms with Gasteiger partial charge in [-0.05, 0) is 19.3 Å². The fourth-order valence-corrected chi connectivity index (χ4v) is 1.60. The Morgan fingerprint density at radius 1 is 1.25 bits per heavy atom. The van der Waals surface area contributed by atoms with Crippen molar-refractivity contribution in [1.82, 2.24) is 10.6 Å². The van der Waals surface area contributed by atoms with Gasteiger partial charge < -0.3 is 10.6 Å². The van der Waals surface area contributed by atoms with Crippen LogP contribution in [0.3, 0.4) is 0 Å². The number of hydrogen-bond donors (Lipinski definition) is 2. The second-order valence-corrected chi connectivity index (χ2v) is 4.55. The standard InChI is InChI=1S/C12H22N2O2/c1-3-4-9(2)11(15)13-7-8-14-12(16)10-5-6-10/h9-10H,3-8H2,1-2H3,(H,13,15)(H,14,16). The van der Waals surface area contributed by atoms with Crippen LogP contribution in [0.2, 0.25) is 0 Å². The van der Waals surface area contributed by atoms with Gasteiger partial charge in [0.2, 0.25) is 11.8 Å². The van der Waals surface area contributed by atoms with Crippen LogP contribution in [-0.4, -0.2) is 24.9 Å². The van der Waals surface area contributed by atoms with E-state index in [1.807, 2.05) is 6.92 Å². The van der Waals surface area contributed by atoms with Gasteiger partial charge in [0.25, 0.3) is 0 Å². The monoisotopic (exact) mass is 226 g/mol. The molecule has 0 bridgehead atoms. The molecule has 1 atom stereocenters. The van der Waals surface area contributed by atoms with E-state index in [0.717, 1.165) is 25.7 Å². The molecule has 1 fully saturated rings. The summed E-state index contributed by atoms with van der Waals surface area (Å²) in [5.41, 5.74) is 0. The molecule has 1 saturated carbocycles. The van der Waals surface area contributed by atoms with Gasteiger partial charge in [-0.15, -0.1) is 0 Å². The SMILES string of the molecule is CCCC(C)C(=O)NCCNC(=O)C1CC1. The number of carbonyl (C=O) groups is 2. The first-order valence-electron chi connectivity index (χ1n) is 6.20. The number of nitrogens with one attached hydrogen (secondary N) is 2. The molecule has 4 heteroatoms. The fraction of sp³-hybridized carbons (Fsp3) is 0.833. The number of amides is 2. The van der Waals surface area contributed by atoms with Crippen LogP contribution in [0, 0.1) is 11.8 Å². The predicted octanol–water partition coefficient (Wildman–Crippen LogP) is 1.06. The second kappa shape index (κ2) is 6.51. The molecule has 0 heterocycles. The Balaban J connectivity index is 2.01. The van der Waals surface area contributed by atoms with Crippen molar-refractivity contribution in [2.75, 3.05) is 13.1 Å². The molecule has 92 valence electrons. The Hall–Kier alpha value is -1.06. The van der Waals surface area contributed by atoms with Crippen LogP contribution >= 0.6 is 0 Å². The van der Waals surface area contributed by atoms with E-state index in [0.29, 0.717) is 13.1 Å². The molecule has 1 aliphatic rings. The second-order valence-electron chi connectivity index (χ2n) is 4.55. The van der Waals surface area contributed by atoms with E-state index >= 15 is 0 Å². The van der Waals surface area contributed by atoms with Gasteiger partial charge >= 0.3 is 0 Å². The number of rotatable bonds is 7. The predicted molar refractivity (Wildman–Crippen MR) is 62.8 cm³/mol. The number of carbonyl (C=O) groups excluding carboxylic acids is 2. The quantitative estimate of drug-likeness (QED) is 0.638. The van der Waals surface area contributed by atoms with Crippen molar-refractivity contribution in [3.8, 4) is 0 Å². The average Bonchev–Trinajstić information content (AvgIpc) is 3.07. The van der Waals surface area contributed by atoms with E-state index in [9.17, 15) is 9.59 Å². The van der Waals surface area contributed by atoms with Crippen LogP contribution < -0.4 is 10.6 Å². The van der Waals surface area contributed by atoms with Crippen LogP contribution in [0.15, 0.2) is 0 Å². The van der Waals surface area contributed by atoms with E-state index in [-0.39, 0.29) is 23.7 Å². The molecule has 0 aromatic carbocycles. The molecule has 0 aliphatic heterocycles. The molecule has 0 aromatic rings. The normalized spacial score (nSPS) is 16.6. The molecule has 1 aliphatic carbocycles. The number of hydrogen-bond acceptors (Lipinski definition) is 2. The lowest BCUT2D eigenvalue weighted by Gasteiger charge is -2.11. The summed E-state index contributed by atoms with van der Waals surface area (Å²) in [6.45, 7) is 5.08. The van der Waals surface area contributed by atoms with E-state index in [4.69, 9.17) is 0 Å². The average molecular weight is 226 g/mol. The summed E-state index contributed by atoms with van der Waals surface area (Å²) in [6, 6.07) is 0. The molecule has 4 nitrogen and oxygen atoms in total. The molecule has 0 aromatic heterocycles. The van der Waals surface area contributed by atoms with Crippen LogP contribution in [-0.2, 0) is 9.59 Å². The largest absolute Gasteiger partial charge is 0.354 e. The van der Waals surface area contributed by atoms with Gasteiger partial charge in [-0.2, -0.15) is 0 Å². The first-order chi connectivity index (χ1) is 7.65. The first kappa shape index (κ1) is 13.0. The zero-order valence-corrected chi connectivity index (χ0v) is 10.2. The molecular weight excluding hydrogens is 204 g/mol. The summed E-state index contributed by atoms with van der Waals surface area (Å²) in [5.74, 6) is 0.539. The Labute approximate surface area is 97.2 Å². The van der Waals surface area contributed by atoms with E-state index in [2.05, 4.69) is 17.6 Å². The molecule has 2 amide bonds. The Bertz CT molecular complexity index is 249. The third kappa shape index (κ3) is 4.64. The lowest BCUT2D eigenvalue weighted by atomic mass is 10.1. The van der Waals surface area contributed by atoms with Crippen LogP contribution in [0.1, 0.15) is 39.5 Å². The van der Waals surface area contributed by atoms with Crippen LogP contribution in [0.5, 0.6) is 0 Å². The molecule has 0 radical (unpaired) electrons. The third-order valence-corrected chi connectivity index (χ3v) is 2.84. The summed E-state index contributed by atoms with van der Waals surface area (Å²) in [7, 11) is 0. The summed E-state index contributed by atoms with van der Waals surface area (Å²) in [5, 5.41) is 5.65. The van der Waals surface area contributed by atoms with Crippen molar-refractivity contribution >= 4 is 11.8 Å². The molecule has 1 rings (SSSR count). The molecule has 2 N–H and O–H groups in total. The van der Waals surface area contributed by atoms with Crippen molar-refractivity contribution in [1.29, 1.82) is 0 Å². The van der Waals surface area contributed by atoms with E-state index < -0.39 is 0 Å². The molecule has 0 saturated heterocycles. The highest BCUT2D eigenvalue weighted by Gasteiger charge is 2.28. The zero-order chi connectivity index (χ0) is 12.0. The molecule has 0 spiro atoms. The summed E-state index contributed by atoms with van der Waals surface area (Å²) in [6.07, 6.45) is 3.98. The van der Waals surface area contributed by atoms with Crippen molar-refractivity contribution in [2.24, 2.45) is 11.8 Å². The minimum atomic E-state index is 0.0733. The van der Waals surface area contributed by atoms with E-state index in [1.54, 1.807) is 0 Å². The maximum atomic E-state index is 11.5. The maximum Gasteiger partial charge on any atom is 0.223 e. The van der Waals surface area contributed by atoms with Crippen molar-refractivity contribution in [2.45, 2.75) is 39.5 Å². The first-order valence-corrected chi connectivity index (χ1v) is 6.20.